The Bertz CT molecular complexity index is 1020. The second kappa shape index (κ2) is 6.35. The lowest BCUT2D eigenvalue weighted by Gasteiger charge is -2.47. The number of pyridine rings is 1. The lowest BCUT2D eigenvalue weighted by atomic mass is 9.76. The number of rotatable bonds is 3. The molecule has 2 aromatic rings. The first-order valence-corrected chi connectivity index (χ1v) is 10.7. The van der Waals surface area contributed by atoms with Crippen molar-refractivity contribution in [3.63, 3.8) is 0 Å². The van der Waals surface area contributed by atoms with E-state index in [1.54, 1.807) is 0 Å². The average Bonchev–Trinajstić information content (AvgIpc) is 3.18. The minimum atomic E-state index is -0.830. The maximum absolute atomic E-state index is 14.7. The van der Waals surface area contributed by atoms with E-state index in [0.717, 1.165) is 44.8 Å². The highest BCUT2D eigenvalue weighted by Crippen LogP contribution is 2.46. The monoisotopic (exact) mass is 417 g/mol. The third kappa shape index (κ3) is 2.53. The zero-order valence-corrected chi connectivity index (χ0v) is 17.0. The van der Waals surface area contributed by atoms with E-state index in [-0.39, 0.29) is 22.6 Å². The molecule has 1 aliphatic carbocycles. The van der Waals surface area contributed by atoms with Crippen LogP contribution < -0.4 is 14.4 Å². The molecule has 0 unspecified atom stereocenters. The first-order chi connectivity index (χ1) is 14.5. The molecule has 3 fully saturated rings. The number of likely N-dealkylation sites (N-methyl/N-ethyl adjacent to an activating group) is 1. The summed E-state index contributed by atoms with van der Waals surface area (Å²) >= 11 is 0. The molecular weight excluding hydrogens is 392 g/mol. The van der Waals surface area contributed by atoms with Crippen LogP contribution in [-0.2, 0) is 0 Å². The lowest BCUT2D eigenvalue weighted by Crippen LogP contribution is -2.56. The second-order valence-corrected chi connectivity index (χ2v) is 9.25. The summed E-state index contributed by atoms with van der Waals surface area (Å²) < 4.78 is 40.8. The number of halogens is 2. The van der Waals surface area contributed by atoms with E-state index in [0.29, 0.717) is 43.3 Å². The number of hydrogen-bond donors (Lipinski definition) is 0. The predicted molar refractivity (Wildman–Crippen MR) is 106 cm³/mol. The van der Waals surface area contributed by atoms with Gasteiger partial charge in [0, 0.05) is 20.0 Å². The number of fused-ring (bicyclic) bond motifs is 1. The Morgan fingerprint density at radius 2 is 2.13 bits per heavy atom. The molecule has 0 bridgehead atoms. The van der Waals surface area contributed by atoms with Gasteiger partial charge in [-0.15, -0.1) is 0 Å². The van der Waals surface area contributed by atoms with E-state index in [1.165, 1.54) is 0 Å². The Balaban J connectivity index is 1.39. The van der Waals surface area contributed by atoms with Crippen LogP contribution in [0.25, 0.3) is 10.9 Å². The van der Waals surface area contributed by atoms with Crippen LogP contribution in [0.15, 0.2) is 6.20 Å². The number of hydrogen-bond acceptors (Lipinski definition) is 7. The Morgan fingerprint density at radius 3 is 2.93 bits per heavy atom. The molecule has 6 rings (SSSR count). The first-order valence-electron chi connectivity index (χ1n) is 10.7. The molecule has 4 aliphatic rings. The topological polar surface area (TPSA) is 63.6 Å². The van der Waals surface area contributed by atoms with Crippen LogP contribution in [0.4, 0.5) is 14.6 Å². The van der Waals surface area contributed by atoms with Gasteiger partial charge < -0.3 is 14.4 Å². The summed E-state index contributed by atoms with van der Waals surface area (Å²) in [6, 6.07) is 0.125. The highest BCUT2D eigenvalue weighted by atomic mass is 19.1. The van der Waals surface area contributed by atoms with Crippen molar-refractivity contribution in [2.75, 3.05) is 38.3 Å². The van der Waals surface area contributed by atoms with Gasteiger partial charge in [-0.2, -0.15) is 9.97 Å². The summed E-state index contributed by atoms with van der Waals surface area (Å²) in [4.78, 5) is 17.5. The fourth-order valence-electron chi connectivity index (χ4n) is 5.69. The van der Waals surface area contributed by atoms with Gasteiger partial charge in [-0.1, -0.05) is 0 Å². The highest BCUT2D eigenvalue weighted by Gasteiger charge is 2.50. The summed E-state index contributed by atoms with van der Waals surface area (Å²) in [5.41, 5.74) is -0.319. The van der Waals surface area contributed by atoms with Crippen molar-refractivity contribution in [1.29, 1.82) is 0 Å². The molecule has 2 atom stereocenters. The SMILES string of the molecule is CN1c2nc(OC[C@@]34CCCN3C[C@H](F)C4)nc3c(F)cnc(c23)OCC12CCC2. The third-order valence-electron chi connectivity index (χ3n) is 7.63. The van der Waals surface area contributed by atoms with Crippen molar-refractivity contribution in [3.05, 3.63) is 12.0 Å². The van der Waals surface area contributed by atoms with E-state index >= 15 is 0 Å². The van der Waals surface area contributed by atoms with Crippen molar-refractivity contribution in [1.82, 2.24) is 19.9 Å². The fourth-order valence-corrected chi connectivity index (χ4v) is 5.69. The van der Waals surface area contributed by atoms with Crippen LogP contribution >= 0.6 is 0 Å². The number of anilines is 1. The summed E-state index contributed by atoms with van der Waals surface area (Å²) in [5, 5.41) is 0.485. The van der Waals surface area contributed by atoms with Crippen LogP contribution in [0.1, 0.15) is 38.5 Å². The summed E-state index contributed by atoms with van der Waals surface area (Å²) in [5.74, 6) is 0.416. The van der Waals surface area contributed by atoms with E-state index in [9.17, 15) is 8.78 Å². The molecule has 0 aromatic carbocycles. The molecule has 160 valence electrons. The normalized spacial score (nSPS) is 29.6. The van der Waals surface area contributed by atoms with Gasteiger partial charge in [-0.3, -0.25) is 4.90 Å². The zero-order valence-electron chi connectivity index (χ0n) is 17.0. The van der Waals surface area contributed by atoms with Gasteiger partial charge in [0.1, 0.15) is 36.1 Å². The summed E-state index contributed by atoms with van der Waals surface area (Å²) in [6.07, 6.45) is 5.79. The van der Waals surface area contributed by atoms with Crippen molar-refractivity contribution in [2.45, 2.75) is 55.8 Å². The maximum atomic E-state index is 14.7. The minimum absolute atomic E-state index is 0.125. The van der Waals surface area contributed by atoms with Gasteiger partial charge in [0.2, 0.25) is 5.88 Å². The number of alkyl halides is 1. The third-order valence-corrected chi connectivity index (χ3v) is 7.63. The smallest absolute Gasteiger partial charge is 0.319 e. The molecule has 3 aliphatic heterocycles. The van der Waals surface area contributed by atoms with E-state index in [4.69, 9.17) is 9.47 Å². The standard InChI is InChI=1S/C21H25F2N5O2/c1-27-17-15-16(14(23)9-24-18(15)29-11-20(27)4-2-5-20)25-19(26-17)30-12-21-6-3-7-28(21)10-13(22)8-21/h9,13H,2-8,10-12H2,1H3/t13-,21+/m1/s1. The molecule has 2 saturated heterocycles. The Kier molecular flexibility index (Phi) is 3.91. The van der Waals surface area contributed by atoms with Gasteiger partial charge in [0.05, 0.1) is 17.3 Å². The molecular formula is C21H25F2N5O2. The largest absolute Gasteiger partial charge is 0.475 e. The summed E-state index contributed by atoms with van der Waals surface area (Å²) in [7, 11) is 1.97. The van der Waals surface area contributed by atoms with Crippen LogP contribution in [0.5, 0.6) is 11.9 Å². The maximum Gasteiger partial charge on any atom is 0.319 e. The van der Waals surface area contributed by atoms with Gasteiger partial charge in [-0.05, 0) is 38.6 Å². The Labute approximate surface area is 173 Å². The molecule has 1 spiro atoms. The molecule has 0 N–H and O–H groups in total. The summed E-state index contributed by atoms with van der Waals surface area (Å²) in [6.45, 7) is 2.14. The van der Waals surface area contributed by atoms with Crippen LogP contribution in [0.3, 0.4) is 0 Å². The highest BCUT2D eigenvalue weighted by molar-refractivity contribution is 5.95. The Morgan fingerprint density at radius 1 is 1.27 bits per heavy atom. The van der Waals surface area contributed by atoms with Gasteiger partial charge in [-0.25, -0.2) is 13.8 Å². The molecule has 7 nitrogen and oxygen atoms in total. The van der Waals surface area contributed by atoms with E-state index in [1.807, 2.05) is 7.05 Å². The Hall–Kier alpha value is -2.29. The fraction of sp³-hybridized carbons (Fsp3) is 0.667. The van der Waals surface area contributed by atoms with Crippen LogP contribution in [-0.4, -0.2) is 70.5 Å². The number of ether oxygens (including phenoxy) is 2. The van der Waals surface area contributed by atoms with Crippen molar-refractivity contribution < 1.29 is 18.3 Å². The molecule has 2 aromatic heterocycles. The second-order valence-electron chi connectivity index (χ2n) is 9.25. The number of nitrogens with zero attached hydrogens (tertiary/aromatic N) is 5. The van der Waals surface area contributed by atoms with Gasteiger partial charge >= 0.3 is 6.01 Å². The molecule has 9 heteroatoms. The van der Waals surface area contributed by atoms with Crippen LogP contribution in [0.2, 0.25) is 0 Å². The first kappa shape index (κ1) is 18.5. The zero-order chi connectivity index (χ0) is 20.5. The lowest BCUT2D eigenvalue weighted by molar-refractivity contribution is 0.107. The molecule has 1 saturated carbocycles. The minimum Gasteiger partial charge on any atom is -0.475 e. The average molecular weight is 417 g/mol. The van der Waals surface area contributed by atoms with Gasteiger partial charge in [0.15, 0.2) is 5.82 Å². The van der Waals surface area contributed by atoms with E-state index in [2.05, 4.69) is 24.8 Å². The molecule has 0 radical (unpaired) electrons. The molecule has 5 heterocycles. The van der Waals surface area contributed by atoms with Crippen LogP contribution in [0, 0.1) is 5.82 Å². The molecule has 30 heavy (non-hydrogen) atoms. The van der Waals surface area contributed by atoms with Crippen molar-refractivity contribution in [2.24, 2.45) is 0 Å². The molecule has 0 amide bonds. The van der Waals surface area contributed by atoms with E-state index < -0.39 is 12.0 Å². The predicted octanol–water partition coefficient (Wildman–Crippen LogP) is 2.87. The quantitative estimate of drug-likeness (QED) is 0.761. The van der Waals surface area contributed by atoms with Crippen molar-refractivity contribution in [3.8, 4) is 11.9 Å². The van der Waals surface area contributed by atoms with Gasteiger partial charge in [0.25, 0.3) is 0 Å². The van der Waals surface area contributed by atoms with Crippen molar-refractivity contribution >= 4 is 16.7 Å². The number of aromatic nitrogens is 3.